The van der Waals surface area contributed by atoms with Crippen LogP contribution in [-0.4, -0.2) is 15.6 Å². The van der Waals surface area contributed by atoms with Gasteiger partial charge in [-0.25, -0.2) is 4.98 Å². The number of fused-ring (bicyclic) bond motifs is 1. The zero-order valence-electron chi connectivity index (χ0n) is 12.8. The second-order valence-electron chi connectivity index (χ2n) is 6.36. The van der Waals surface area contributed by atoms with E-state index in [1.54, 1.807) is 0 Å². The standard InChI is InChI=1S/C17H25N3/c1-12-8-10-14(11-9-12)18-13(2)17-19-15-6-4-5-7-16(15)20(17)3/h4-7,12-14,18H,8-11H2,1-3H3. The molecular formula is C17H25N3. The number of rotatable bonds is 3. The van der Waals surface area contributed by atoms with E-state index in [2.05, 4.69) is 55.0 Å². The van der Waals surface area contributed by atoms with Gasteiger partial charge >= 0.3 is 0 Å². The first-order valence-corrected chi connectivity index (χ1v) is 7.82. The third-order valence-corrected chi connectivity index (χ3v) is 4.71. The first-order valence-electron chi connectivity index (χ1n) is 7.82. The Morgan fingerprint density at radius 1 is 1.20 bits per heavy atom. The van der Waals surface area contributed by atoms with Crippen LogP contribution < -0.4 is 5.32 Å². The summed E-state index contributed by atoms with van der Waals surface area (Å²) in [5.74, 6) is 2.05. The largest absolute Gasteiger partial charge is 0.330 e. The molecule has 1 aromatic carbocycles. The van der Waals surface area contributed by atoms with Crippen LogP contribution >= 0.6 is 0 Å². The molecule has 20 heavy (non-hydrogen) atoms. The molecule has 1 heterocycles. The van der Waals surface area contributed by atoms with Crippen LogP contribution in [0.15, 0.2) is 24.3 Å². The van der Waals surface area contributed by atoms with Crippen LogP contribution in [0.2, 0.25) is 0 Å². The molecule has 3 nitrogen and oxygen atoms in total. The SMILES string of the molecule is CC1CCC(NC(C)c2nc3ccccc3n2C)CC1. The molecule has 1 aliphatic rings. The third kappa shape index (κ3) is 2.59. The van der Waals surface area contributed by atoms with Crippen molar-refractivity contribution in [2.24, 2.45) is 13.0 Å². The first-order chi connectivity index (χ1) is 9.65. The molecule has 1 unspecified atom stereocenters. The number of aromatic nitrogens is 2. The van der Waals surface area contributed by atoms with Gasteiger partial charge in [0.1, 0.15) is 5.82 Å². The van der Waals surface area contributed by atoms with Crippen molar-refractivity contribution in [1.29, 1.82) is 0 Å². The summed E-state index contributed by atoms with van der Waals surface area (Å²) in [4.78, 5) is 4.79. The Hall–Kier alpha value is -1.35. The first kappa shape index (κ1) is 13.6. The van der Waals surface area contributed by atoms with Crippen molar-refractivity contribution in [1.82, 2.24) is 14.9 Å². The van der Waals surface area contributed by atoms with E-state index in [1.165, 1.54) is 31.2 Å². The fourth-order valence-electron chi connectivity index (χ4n) is 3.41. The van der Waals surface area contributed by atoms with Gasteiger partial charge in [0, 0.05) is 13.1 Å². The second kappa shape index (κ2) is 5.57. The molecule has 2 aromatic rings. The van der Waals surface area contributed by atoms with Gasteiger partial charge in [-0.2, -0.15) is 0 Å². The van der Waals surface area contributed by atoms with E-state index in [1.807, 2.05) is 0 Å². The van der Waals surface area contributed by atoms with Gasteiger partial charge in [-0.05, 0) is 50.7 Å². The monoisotopic (exact) mass is 271 g/mol. The lowest BCUT2D eigenvalue weighted by atomic mass is 9.87. The molecule has 1 aliphatic carbocycles. The van der Waals surface area contributed by atoms with Crippen molar-refractivity contribution in [3.63, 3.8) is 0 Å². The topological polar surface area (TPSA) is 29.9 Å². The van der Waals surface area contributed by atoms with Crippen LogP contribution in [0, 0.1) is 5.92 Å². The Kier molecular flexibility index (Phi) is 3.79. The normalized spacial score (nSPS) is 24.9. The molecule has 1 aromatic heterocycles. The molecule has 1 saturated carbocycles. The van der Waals surface area contributed by atoms with Gasteiger partial charge in [-0.1, -0.05) is 19.1 Å². The lowest BCUT2D eigenvalue weighted by Crippen LogP contribution is -2.35. The van der Waals surface area contributed by atoms with Crippen LogP contribution in [0.3, 0.4) is 0 Å². The average molecular weight is 271 g/mol. The maximum absolute atomic E-state index is 4.79. The maximum Gasteiger partial charge on any atom is 0.126 e. The Balaban J connectivity index is 1.75. The maximum atomic E-state index is 4.79. The fourth-order valence-corrected chi connectivity index (χ4v) is 3.41. The van der Waals surface area contributed by atoms with E-state index in [4.69, 9.17) is 4.98 Å². The summed E-state index contributed by atoms with van der Waals surface area (Å²) >= 11 is 0. The molecule has 3 rings (SSSR count). The van der Waals surface area contributed by atoms with Crippen molar-refractivity contribution in [2.45, 2.75) is 51.6 Å². The number of hydrogen-bond donors (Lipinski definition) is 1. The summed E-state index contributed by atoms with van der Waals surface area (Å²) in [6.07, 6.45) is 5.31. The summed E-state index contributed by atoms with van der Waals surface area (Å²) in [5.41, 5.74) is 2.31. The third-order valence-electron chi connectivity index (χ3n) is 4.71. The van der Waals surface area contributed by atoms with Crippen LogP contribution in [0.4, 0.5) is 0 Å². The predicted molar refractivity (Wildman–Crippen MR) is 83.7 cm³/mol. The molecule has 1 fully saturated rings. The summed E-state index contributed by atoms with van der Waals surface area (Å²) in [6.45, 7) is 4.60. The second-order valence-corrected chi connectivity index (χ2v) is 6.36. The molecule has 0 amide bonds. The quantitative estimate of drug-likeness (QED) is 0.920. The van der Waals surface area contributed by atoms with Gasteiger partial charge in [0.05, 0.1) is 17.1 Å². The zero-order chi connectivity index (χ0) is 14.1. The fraction of sp³-hybridized carbons (Fsp3) is 0.588. The highest BCUT2D eigenvalue weighted by molar-refractivity contribution is 5.75. The lowest BCUT2D eigenvalue weighted by molar-refractivity contribution is 0.288. The minimum atomic E-state index is 0.311. The van der Waals surface area contributed by atoms with Gasteiger partial charge in [-0.15, -0.1) is 0 Å². The average Bonchev–Trinajstić information content (AvgIpc) is 2.79. The van der Waals surface area contributed by atoms with E-state index in [9.17, 15) is 0 Å². The smallest absolute Gasteiger partial charge is 0.126 e. The van der Waals surface area contributed by atoms with Crippen LogP contribution in [0.5, 0.6) is 0 Å². The zero-order valence-corrected chi connectivity index (χ0v) is 12.8. The Morgan fingerprint density at radius 3 is 2.60 bits per heavy atom. The summed E-state index contributed by atoms with van der Waals surface area (Å²) in [6, 6.07) is 9.33. The van der Waals surface area contributed by atoms with Crippen molar-refractivity contribution in [2.75, 3.05) is 0 Å². The number of imidazole rings is 1. The van der Waals surface area contributed by atoms with Crippen LogP contribution in [0.1, 0.15) is 51.4 Å². The van der Waals surface area contributed by atoms with Crippen molar-refractivity contribution < 1.29 is 0 Å². The van der Waals surface area contributed by atoms with E-state index in [0.29, 0.717) is 12.1 Å². The molecule has 108 valence electrons. The lowest BCUT2D eigenvalue weighted by Gasteiger charge is -2.29. The van der Waals surface area contributed by atoms with Gasteiger partial charge in [-0.3, -0.25) is 0 Å². The number of benzene rings is 1. The molecule has 0 bridgehead atoms. The summed E-state index contributed by atoms with van der Waals surface area (Å²) in [7, 11) is 2.12. The number of nitrogens with zero attached hydrogens (tertiary/aromatic N) is 2. The van der Waals surface area contributed by atoms with Crippen LogP contribution in [0.25, 0.3) is 11.0 Å². The Bertz CT molecular complexity index is 579. The van der Waals surface area contributed by atoms with Crippen molar-refractivity contribution in [3.8, 4) is 0 Å². The minimum Gasteiger partial charge on any atom is -0.330 e. The Labute approximate surface area is 121 Å². The molecule has 0 aliphatic heterocycles. The highest BCUT2D eigenvalue weighted by Gasteiger charge is 2.22. The molecule has 0 radical (unpaired) electrons. The molecule has 0 saturated heterocycles. The van der Waals surface area contributed by atoms with Gasteiger partial charge in [0.25, 0.3) is 0 Å². The minimum absolute atomic E-state index is 0.311. The molecule has 1 N–H and O–H groups in total. The molecule has 3 heteroatoms. The Morgan fingerprint density at radius 2 is 1.90 bits per heavy atom. The summed E-state index contributed by atoms with van der Waals surface area (Å²) in [5, 5.41) is 3.77. The van der Waals surface area contributed by atoms with E-state index in [-0.39, 0.29) is 0 Å². The molecule has 1 atom stereocenters. The van der Waals surface area contributed by atoms with Gasteiger partial charge in [0.2, 0.25) is 0 Å². The van der Waals surface area contributed by atoms with E-state index >= 15 is 0 Å². The van der Waals surface area contributed by atoms with E-state index in [0.717, 1.165) is 17.3 Å². The van der Waals surface area contributed by atoms with E-state index < -0.39 is 0 Å². The molecule has 0 spiro atoms. The predicted octanol–water partition coefficient (Wildman–Crippen LogP) is 3.80. The number of aryl methyl sites for hydroxylation is 1. The number of hydrogen-bond acceptors (Lipinski definition) is 2. The van der Waals surface area contributed by atoms with Gasteiger partial charge in [0.15, 0.2) is 0 Å². The highest BCUT2D eigenvalue weighted by atomic mass is 15.1. The number of para-hydroxylation sites is 2. The van der Waals surface area contributed by atoms with Crippen molar-refractivity contribution in [3.05, 3.63) is 30.1 Å². The van der Waals surface area contributed by atoms with Gasteiger partial charge < -0.3 is 9.88 Å². The summed E-state index contributed by atoms with van der Waals surface area (Å²) < 4.78 is 2.22. The van der Waals surface area contributed by atoms with Crippen molar-refractivity contribution >= 4 is 11.0 Å². The van der Waals surface area contributed by atoms with Crippen LogP contribution in [-0.2, 0) is 7.05 Å². The molecular weight excluding hydrogens is 246 g/mol. The number of nitrogens with one attached hydrogen (secondary N) is 1. The highest BCUT2D eigenvalue weighted by Crippen LogP contribution is 2.26.